The van der Waals surface area contributed by atoms with Gasteiger partial charge in [0.25, 0.3) is 0 Å². The zero-order valence-corrected chi connectivity index (χ0v) is 11.3. The molecule has 0 aliphatic carbocycles. The molecule has 0 spiro atoms. The van der Waals surface area contributed by atoms with Crippen LogP contribution in [-0.2, 0) is 6.61 Å². The van der Waals surface area contributed by atoms with E-state index in [0.29, 0.717) is 11.3 Å². The lowest BCUT2D eigenvalue weighted by Crippen LogP contribution is -2.17. The molecule has 0 saturated heterocycles. The van der Waals surface area contributed by atoms with E-state index in [2.05, 4.69) is 4.74 Å². The maximum absolute atomic E-state index is 12.2. The first-order valence-corrected chi connectivity index (χ1v) is 6.17. The summed E-state index contributed by atoms with van der Waals surface area (Å²) in [6.45, 7) is -0.0156. The Bertz CT molecular complexity index is 629. The summed E-state index contributed by atoms with van der Waals surface area (Å²) in [7, 11) is 0. The van der Waals surface area contributed by atoms with Gasteiger partial charge in [0.1, 0.15) is 23.9 Å². The maximum Gasteiger partial charge on any atom is 0.573 e. The predicted molar refractivity (Wildman–Crippen MR) is 70.6 cm³/mol. The Morgan fingerprint density at radius 1 is 1.05 bits per heavy atom. The van der Waals surface area contributed by atoms with Crippen LogP contribution >= 0.6 is 11.6 Å². The van der Waals surface area contributed by atoms with E-state index in [1.54, 1.807) is 12.1 Å². The van der Waals surface area contributed by atoms with E-state index in [-0.39, 0.29) is 17.4 Å². The lowest BCUT2D eigenvalue weighted by Gasteiger charge is -2.11. The number of ether oxygens (including phenoxy) is 2. The summed E-state index contributed by atoms with van der Waals surface area (Å²) < 4.78 is 45.7. The Morgan fingerprint density at radius 3 is 2.48 bits per heavy atom. The summed E-state index contributed by atoms with van der Waals surface area (Å²) in [5.41, 5.74) is 0.407. The first-order chi connectivity index (χ1) is 9.82. The molecule has 0 aliphatic rings. The molecule has 0 aromatic heterocycles. The van der Waals surface area contributed by atoms with Gasteiger partial charge in [0.05, 0.1) is 0 Å². The number of phenols is 1. The summed E-state index contributed by atoms with van der Waals surface area (Å²) in [6.07, 6.45) is -4.78. The van der Waals surface area contributed by atoms with Gasteiger partial charge in [-0.1, -0.05) is 17.7 Å². The van der Waals surface area contributed by atoms with E-state index in [9.17, 15) is 18.3 Å². The lowest BCUT2D eigenvalue weighted by molar-refractivity contribution is -0.274. The second kappa shape index (κ2) is 6.13. The van der Waals surface area contributed by atoms with Gasteiger partial charge in [-0.25, -0.2) is 0 Å². The Kier molecular flexibility index (Phi) is 4.47. The van der Waals surface area contributed by atoms with Gasteiger partial charge in [-0.05, 0) is 35.9 Å². The minimum atomic E-state index is -4.78. The molecule has 0 radical (unpaired) electrons. The summed E-state index contributed by atoms with van der Waals surface area (Å²) in [6, 6.07) is 9.76. The van der Waals surface area contributed by atoms with E-state index in [0.717, 1.165) is 6.07 Å². The van der Waals surface area contributed by atoms with Gasteiger partial charge in [0.2, 0.25) is 0 Å². The van der Waals surface area contributed by atoms with Crippen LogP contribution in [0.5, 0.6) is 17.2 Å². The Hall–Kier alpha value is -2.08. The van der Waals surface area contributed by atoms with Gasteiger partial charge in [0.15, 0.2) is 0 Å². The van der Waals surface area contributed by atoms with Crippen molar-refractivity contribution in [2.75, 3.05) is 0 Å². The first kappa shape index (κ1) is 15.3. The van der Waals surface area contributed by atoms with Crippen LogP contribution in [0.1, 0.15) is 5.56 Å². The van der Waals surface area contributed by atoms with Gasteiger partial charge in [-0.2, -0.15) is 0 Å². The Balaban J connectivity index is 2.09. The normalized spacial score (nSPS) is 11.2. The molecule has 2 rings (SSSR count). The van der Waals surface area contributed by atoms with Crippen molar-refractivity contribution in [3.63, 3.8) is 0 Å². The number of phenolic OH excluding ortho intramolecular Hbond substituents is 1. The summed E-state index contributed by atoms with van der Waals surface area (Å²) >= 11 is 5.74. The van der Waals surface area contributed by atoms with Crippen molar-refractivity contribution >= 4 is 11.6 Å². The molecule has 0 amide bonds. The molecule has 3 nitrogen and oxygen atoms in total. The molecule has 0 bridgehead atoms. The first-order valence-electron chi connectivity index (χ1n) is 5.79. The molecule has 0 saturated carbocycles. The molecular weight excluding hydrogens is 309 g/mol. The molecule has 0 fully saturated rings. The molecule has 2 aromatic carbocycles. The number of aromatic hydroxyl groups is 1. The number of alkyl halides is 3. The fraction of sp³-hybridized carbons (Fsp3) is 0.143. The van der Waals surface area contributed by atoms with Crippen molar-refractivity contribution in [1.29, 1.82) is 0 Å². The van der Waals surface area contributed by atoms with Crippen LogP contribution in [0.25, 0.3) is 0 Å². The fourth-order valence-electron chi connectivity index (χ4n) is 1.64. The molecule has 2 aromatic rings. The zero-order valence-electron chi connectivity index (χ0n) is 10.5. The molecule has 0 aliphatic heterocycles. The highest BCUT2D eigenvalue weighted by atomic mass is 35.5. The van der Waals surface area contributed by atoms with Crippen molar-refractivity contribution in [2.45, 2.75) is 13.0 Å². The van der Waals surface area contributed by atoms with E-state index < -0.39 is 12.1 Å². The average molecular weight is 319 g/mol. The van der Waals surface area contributed by atoms with Crippen LogP contribution in [0.2, 0.25) is 5.02 Å². The number of rotatable bonds is 4. The van der Waals surface area contributed by atoms with Crippen molar-refractivity contribution in [1.82, 2.24) is 0 Å². The van der Waals surface area contributed by atoms with E-state index in [4.69, 9.17) is 16.3 Å². The summed E-state index contributed by atoms with van der Waals surface area (Å²) in [5, 5.41) is 9.38. The third-order valence-corrected chi connectivity index (χ3v) is 2.61. The highest BCUT2D eigenvalue weighted by Gasteiger charge is 2.31. The van der Waals surface area contributed by atoms with Gasteiger partial charge >= 0.3 is 6.36 Å². The molecule has 112 valence electrons. The van der Waals surface area contributed by atoms with E-state index in [1.807, 2.05) is 0 Å². The van der Waals surface area contributed by atoms with E-state index in [1.165, 1.54) is 24.3 Å². The summed E-state index contributed by atoms with van der Waals surface area (Å²) in [5.74, 6) is -0.00235. The van der Waals surface area contributed by atoms with Crippen molar-refractivity contribution < 1.29 is 27.8 Å². The molecule has 21 heavy (non-hydrogen) atoms. The number of hydrogen-bond donors (Lipinski definition) is 1. The summed E-state index contributed by atoms with van der Waals surface area (Å²) in [4.78, 5) is 0. The Labute approximate surface area is 123 Å². The van der Waals surface area contributed by atoms with Gasteiger partial charge < -0.3 is 14.6 Å². The minimum Gasteiger partial charge on any atom is -0.508 e. The van der Waals surface area contributed by atoms with Crippen LogP contribution in [0.3, 0.4) is 0 Å². The molecule has 1 N–H and O–H groups in total. The molecule has 0 unspecified atom stereocenters. The average Bonchev–Trinajstić information content (AvgIpc) is 2.33. The quantitative estimate of drug-likeness (QED) is 0.900. The second-order valence-electron chi connectivity index (χ2n) is 4.13. The van der Waals surface area contributed by atoms with Crippen molar-refractivity contribution in [2.24, 2.45) is 0 Å². The minimum absolute atomic E-state index is 0.0156. The lowest BCUT2D eigenvalue weighted by atomic mass is 10.2. The monoisotopic (exact) mass is 318 g/mol. The Morgan fingerprint density at radius 2 is 1.81 bits per heavy atom. The van der Waals surface area contributed by atoms with Crippen molar-refractivity contribution in [3.05, 3.63) is 53.1 Å². The highest BCUT2D eigenvalue weighted by Crippen LogP contribution is 2.28. The van der Waals surface area contributed by atoms with Gasteiger partial charge in [-0.3, -0.25) is 0 Å². The zero-order chi connectivity index (χ0) is 15.5. The van der Waals surface area contributed by atoms with Crippen LogP contribution in [-0.4, -0.2) is 11.5 Å². The number of halogens is 4. The molecule has 0 heterocycles. The second-order valence-corrected chi connectivity index (χ2v) is 4.57. The molecule has 7 heteroatoms. The van der Waals surface area contributed by atoms with Crippen LogP contribution < -0.4 is 9.47 Å². The topological polar surface area (TPSA) is 38.7 Å². The number of hydrogen-bond acceptors (Lipinski definition) is 3. The standard InChI is InChI=1S/C14H10ClF3O3/c15-10-4-9(5-13(6-10)21-14(16,17)18)8-20-12-3-1-2-11(19)7-12/h1-7,19H,8H2. The number of benzene rings is 2. The third-order valence-electron chi connectivity index (χ3n) is 2.39. The predicted octanol–water partition coefficient (Wildman–Crippen LogP) is 4.52. The van der Waals surface area contributed by atoms with E-state index >= 15 is 0 Å². The fourth-order valence-corrected chi connectivity index (χ4v) is 1.88. The van der Waals surface area contributed by atoms with Crippen molar-refractivity contribution in [3.8, 4) is 17.2 Å². The van der Waals surface area contributed by atoms with Crippen LogP contribution in [0.4, 0.5) is 13.2 Å². The highest BCUT2D eigenvalue weighted by molar-refractivity contribution is 6.30. The largest absolute Gasteiger partial charge is 0.573 e. The molecule has 0 atom stereocenters. The molecular formula is C14H10ClF3O3. The smallest absolute Gasteiger partial charge is 0.508 e. The SMILES string of the molecule is Oc1cccc(OCc2cc(Cl)cc(OC(F)(F)F)c2)c1. The van der Waals surface area contributed by atoms with Crippen LogP contribution in [0, 0.1) is 0 Å². The third kappa shape index (κ3) is 5.07. The maximum atomic E-state index is 12.2. The van der Waals surface area contributed by atoms with Gasteiger partial charge in [0, 0.05) is 11.1 Å². The van der Waals surface area contributed by atoms with Gasteiger partial charge in [-0.15, -0.1) is 13.2 Å². The van der Waals surface area contributed by atoms with Crippen LogP contribution in [0.15, 0.2) is 42.5 Å².